The molecule has 3 aromatic heterocycles. The summed E-state index contributed by atoms with van der Waals surface area (Å²) in [5.74, 6) is 1.41. The van der Waals surface area contributed by atoms with Crippen LogP contribution in [0.5, 0.6) is 0 Å². The molecule has 0 bridgehead atoms. The number of nitrogens with zero attached hydrogens (tertiary/aromatic N) is 5. The van der Waals surface area contributed by atoms with Crippen LogP contribution in [0.2, 0.25) is 0 Å². The van der Waals surface area contributed by atoms with E-state index in [0.717, 1.165) is 36.2 Å². The molecule has 0 aromatic carbocycles. The average Bonchev–Trinajstić information content (AvgIpc) is 3.37. The van der Waals surface area contributed by atoms with Crippen molar-refractivity contribution in [3.63, 3.8) is 0 Å². The smallest absolute Gasteiger partial charge is 0.235 e. The number of pyridine rings is 1. The Labute approximate surface area is 202 Å². The molecule has 0 unspecified atom stereocenters. The number of amides is 1. The van der Waals surface area contributed by atoms with E-state index in [9.17, 15) is 10.1 Å². The predicted molar refractivity (Wildman–Crippen MR) is 132 cm³/mol. The molecule has 7 nitrogen and oxygen atoms in total. The topological polar surface area (TPSA) is 96.5 Å². The van der Waals surface area contributed by atoms with Gasteiger partial charge in [0.25, 0.3) is 0 Å². The van der Waals surface area contributed by atoms with Gasteiger partial charge in [-0.1, -0.05) is 32.5 Å². The van der Waals surface area contributed by atoms with Crippen LogP contribution in [0.15, 0.2) is 29.7 Å². The Kier molecular flexibility index (Phi) is 6.86. The van der Waals surface area contributed by atoms with Crippen LogP contribution >= 0.6 is 23.1 Å². The van der Waals surface area contributed by atoms with E-state index in [1.165, 1.54) is 16.6 Å². The van der Waals surface area contributed by atoms with Crippen molar-refractivity contribution in [2.45, 2.75) is 58.7 Å². The summed E-state index contributed by atoms with van der Waals surface area (Å²) in [7, 11) is 0. The maximum Gasteiger partial charge on any atom is 0.235 e. The van der Waals surface area contributed by atoms with Crippen LogP contribution in [0.1, 0.15) is 50.1 Å². The van der Waals surface area contributed by atoms with Crippen molar-refractivity contribution >= 4 is 34.0 Å². The van der Waals surface area contributed by atoms with Gasteiger partial charge in [-0.15, -0.1) is 21.5 Å². The van der Waals surface area contributed by atoms with Crippen molar-refractivity contribution in [3.8, 4) is 17.5 Å². The summed E-state index contributed by atoms with van der Waals surface area (Å²) < 4.78 is 1.99. The molecular weight excluding hydrogens is 452 g/mol. The Morgan fingerprint density at radius 2 is 2.09 bits per heavy atom. The van der Waals surface area contributed by atoms with Crippen LogP contribution in [0, 0.1) is 22.7 Å². The van der Waals surface area contributed by atoms with E-state index in [1.54, 1.807) is 23.7 Å². The second kappa shape index (κ2) is 9.65. The van der Waals surface area contributed by atoms with Crippen molar-refractivity contribution in [3.05, 3.63) is 40.5 Å². The number of hydrogen-bond acceptors (Lipinski definition) is 7. The van der Waals surface area contributed by atoms with Crippen molar-refractivity contribution < 1.29 is 4.79 Å². The second-order valence-corrected chi connectivity index (χ2v) is 11.3. The zero-order chi connectivity index (χ0) is 23.6. The number of carbonyl (C=O) groups excluding carboxylic acids is 1. The number of thioether (sulfide) groups is 1. The first-order valence-corrected chi connectivity index (χ1v) is 12.9. The van der Waals surface area contributed by atoms with Gasteiger partial charge in [-0.05, 0) is 55.2 Å². The van der Waals surface area contributed by atoms with Gasteiger partial charge < -0.3 is 9.88 Å². The zero-order valence-corrected chi connectivity index (χ0v) is 21.0. The quantitative estimate of drug-likeness (QED) is 0.489. The number of hydrogen-bond donors (Lipinski definition) is 1. The number of nitrogens with one attached hydrogen (secondary N) is 1. The number of aromatic nitrogens is 4. The number of anilines is 1. The lowest BCUT2D eigenvalue weighted by Gasteiger charge is -2.33. The minimum atomic E-state index is -0.140. The molecule has 1 amide bonds. The SMILES string of the molecule is CCn1c(SCC(=O)Nc2sc3c(c2C#N)CC[C@@H](C(C)(C)C)C3)nnc1-c1ccncc1. The fourth-order valence-corrected chi connectivity index (χ4v) is 6.32. The summed E-state index contributed by atoms with van der Waals surface area (Å²) in [5, 5.41) is 22.7. The molecule has 0 aliphatic heterocycles. The molecule has 172 valence electrons. The van der Waals surface area contributed by atoms with E-state index in [1.807, 2.05) is 23.6 Å². The summed E-state index contributed by atoms with van der Waals surface area (Å²) in [6.45, 7) is 9.54. The van der Waals surface area contributed by atoms with Gasteiger partial charge in [0.15, 0.2) is 11.0 Å². The number of nitriles is 1. The Morgan fingerprint density at radius 3 is 2.76 bits per heavy atom. The van der Waals surface area contributed by atoms with Gasteiger partial charge in [-0.3, -0.25) is 9.78 Å². The van der Waals surface area contributed by atoms with E-state index >= 15 is 0 Å². The molecule has 3 aromatic rings. The maximum absolute atomic E-state index is 12.8. The van der Waals surface area contributed by atoms with Gasteiger partial charge in [-0.2, -0.15) is 5.26 Å². The lowest BCUT2D eigenvalue weighted by molar-refractivity contribution is -0.113. The first-order valence-electron chi connectivity index (χ1n) is 11.1. The van der Waals surface area contributed by atoms with Gasteiger partial charge in [0.2, 0.25) is 5.91 Å². The molecule has 3 heterocycles. The van der Waals surface area contributed by atoms with E-state index < -0.39 is 0 Å². The number of thiophene rings is 1. The van der Waals surface area contributed by atoms with Crippen LogP contribution in [0.3, 0.4) is 0 Å². The second-order valence-electron chi connectivity index (χ2n) is 9.25. The van der Waals surface area contributed by atoms with Gasteiger partial charge in [0.05, 0.1) is 11.3 Å². The third kappa shape index (κ3) is 4.97. The van der Waals surface area contributed by atoms with Crippen molar-refractivity contribution in [2.75, 3.05) is 11.1 Å². The molecule has 1 N–H and O–H groups in total. The standard InChI is InChI=1S/C24H28N6OS2/c1-5-30-21(15-8-10-26-11-9-15)28-29-23(30)32-14-20(31)27-22-18(13-25)17-7-6-16(24(2,3)4)12-19(17)33-22/h8-11,16H,5-7,12,14H2,1-4H3,(H,27,31)/t16-/m1/s1. The minimum Gasteiger partial charge on any atom is -0.316 e. The lowest BCUT2D eigenvalue weighted by Crippen LogP contribution is -2.26. The first-order chi connectivity index (χ1) is 15.8. The minimum absolute atomic E-state index is 0.140. The van der Waals surface area contributed by atoms with Crippen LogP contribution < -0.4 is 5.32 Å². The van der Waals surface area contributed by atoms with Gasteiger partial charge >= 0.3 is 0 Å². The Balaban J connectivity index is 1.45. The highest BCUT2D eigenvalue weighted by Crippen LogP contribution is 2.44. The van der Waals surface area contributed by atoms with Gasteiger partial charge in [-0.25, -0.2) is 0 Å². The normalized spacial score (nSPS) is 15.7. The van der Waals surface area contributed by atoms with Crippen molar-refractivity contribution in [2.24, 2.45) is 11.3 Å². The Morgan fingerprint density at radius 1 is 1.33 bits per heavy atom. The first kappa shape index (κ1) is 23.5. The van der Waals surface area contributed by atoms with E-state index in [0.29, 0.717) is 28.2 Å². The molecule has 0 spiro atoms. The van der Waals surface area contributed by atoms with Crippen LogP contribution in [0.25, 0.3) is 11.4 Å². The number of rotatable bonds is 6. The molecular formula is C24H28N6OS2. The maximum atomic E-state index is 12.8. The third-order valence-corrected chi connectivity index (χ3v) is 8.30. The monoisotopic (exact) mass is 480 g/mol. The third-order valence-electron chi connectivity index (χ3n) is 6.16. The lowest BCUT2D eigenvalue weighted by atomic mass is 9.72. The molecule has 9 heteroatoms. The molecule has 1 atom stereocenters. The highest BCUT2D eigenvalue weighted by atomic mass is 32.2. The number of carbonyl (C=O) groups is 1. The summed E-state index contributed by atoms with van der Waals surface area (Å²) in [4.78, 5) is 18.1. The molecule has 1 aliphatic carbocycles. The summed E-state index contributed by atoms with van der Waals surface area (Å²) in [6, 6.07) is 6.12. The average molecular weight is 481 g/mol. The van der Waals surface area contributed by atoms with Gasteiger partial charge in [0.1, 0.15) is 11.1 Å². The molecule has 33 heavy (non-hydrogen) atoms. The summed E-state index contributed by atoms with van der Waals surface area (Å²) in [5.41, 5.74) is 2.93. The fourth-order valence-electron chi connectivity index (χ4n) is 4.22. The van der Waals surface area contributed by atoms with Crippen LogP contribution in [-0.4, -0.2) is 31.4 Å². The fraction of sp³-hybridized carbons (Fsp3) is 0.458. The zero-order valence-electron chi connectivity index (χ0n) is 19.4. The molecule has 0 saturated heterocycles. The summed E-state index contributed by atoms with van der Waals surface area (Å²) in [6.07, 6.45) is 6.40. The van der Waals surface area contributed by atoms with E-state index in [-0.39, 0.29) is 17.1 Å². The largest absolute Gasteiger partial charge is 0.316 e. The van der Waals surface area contributed by atoms with Crippen molar-refractivity contribution in [1.29, 1.82) is 5.26 Å². The molecule has 4 rings (SSSR count). The van der Waals surface area contributed by atoms with Crippen LogP contribution in [0.4, 0.5) is 5.00 Å². The molecule has 0 radical (unpaired) electrons. The van der Waals surface area contributed by atoms with Crippen molar-refractivity contribution in [1.82, 2.24) is 19.7 Å². The van der Waals surface area contributed by atoms with Gasteiger partial charge in [0, 0.05) is 29.4 Å². The molecule has 1 aliphatic rings. The molecule has 0 fully saturated rings. The van der Waals surface area contributed by atoms with E-state index in [2.05, 4.69) is 47.3 Å². The number of fused-ring (bicyclic) bond motifs is 1. The Hall–Kier alpha value is -2.70. The predicted octanol–water partition coefficient (Wildman–Crippen LogP) is 5.17. The highest BCUT2D eigenvalue weighted by Gasteiger charge is 2.32. The van der Waals surface area contributed by atoms with E-state index in [4.69, 9.17) is 0 Å². The highest BCUT2D eigenvalue weighted by molar-refractivity contribution is 7.99. The summed E-state index contributed by atoms with van der Waals surface area (Å²) >= 11 is 2.91. The Bertz CT molecular complexity index is 1190. The van der Waals surface area contributed by atoms with Crippen LogP contribution in [-0.2, 0) is 24.2 Å². The molecule has 0 saturated carbocycles.